The number of ether oxygens (including phenoxy) is 1. The first-order valence-corrected chi connectivity index (χ1v) is 5.63. The van der Waals surface area contributed by atoms with Crippen molar-refractivity contribution in [3.05, 3.63) is 17.2 Å². The molecule has 4 nitrogen and oxygen atoms in total. The highest BCUT2D eigenvalue weighted by atomic mass is 35.5. The number of rotatable bonds is 7. The molecule has 1 rings (SSSR count). The van der Waals surface area contributed by atoms with Gasteiger partial charge in [-0.3, -0.25) is 0 Å². The first kappa shape index (κ1) is 16.4. The van der Waals surface area contributed by atoms with E-state index in [1.807, 2.05) is 13.8 Å². The van der Waals surface area contributed by atoms with Crippen LogP contribution < -0.4 is 5.32 Å². The van der Waals surface area contributed by atoms with Crippen LogP contribution in [0.25, 0.3) is 0 Å². The van der Waals surface area contributed by atoms with Crippen LogP contribution >= 0.6 is 12.4 Å². The molecule has 6 heteroatoms. The molecule has 0 spiro atoms. The van der Waals surface area contributed by atoms with Gasteiger partial charge in [0.05, 0.1) is 5.69 Å². The molecule has 0 aliphatic rings. The lowest BCUT2D eigenvalue weighted by molar-refractivity contribution is 0.144. The largest absolute Gasteiger partial charge is 0.382 e. The Labute approximate surface area is 108 Å². The molecule has 1 aromatic heterocycles. The fourth-order valence-electron chi connectivity index (χ4n) is 1.53. The number of aromatic nitrogens is 2. The van der Waals surface area contributed by atoms with E-state index in [1.54, 1.807) is 7.05 Å². The second-order valence-corrected chi connectivity index (χ2v) is 3.71. The van der Waals surface area contributed by atoms with Crippen molar-refractivity contribution in [1.82, 2.24) is 15.1 Å². The van der Waals surface area contributed by atoms with E-state index < -0.39 is 0 Å². The lowest BCUT2D eigenvalue weighted by atomic mass is 10.2. The number of halogens is 2. The van der Waals surface area contributed by atoms with Crippen LogP contribution in [-0.2, 0) is 18.3 Å². The third kappa shape index (κ3) is 5.02. The van der Waals surface area contributed by atoms with Gasteiger partial charge in [0.15, 0.2) is 0 Å². The average molecular weight is 266 g/mol. The molecule has 0 unspecified atom stereocenters. The third-order valence-electron chi connectivity index (χ3n) is 2.42. The summed E-state index contributed by atoms with van der Waals surface area (Å²) < 4.78 is 20.0. The summed E-state index contributed by atoms with van der Waals surface area (Å²) in [6.45, 7) is 6.64. The summed E-state index contributed by atoms with van der Waals surface area (Å²) in [5.74, 6) is -0.255. The zero-order valence-electron chi connectivity index (χ0n) is 10.6. The Hall–Kier alpha value is -0.650. The highest BCUT2D eigenvalue weighted by molar-refractivity contribution is 5.85. The Morgan fingerprint density at radius 3 is 2.71 bits per heavy atom. The summed E-state index contributed by atoms with van der Waals surface area (Å²) in [4.78, 5) is 0. The van der Waals surface area contributed by atoms with Gasteiger partial charge in [0.1, 0.15) is 0 Å². The predicted molar refractivity (Wildman–Crippen MR) is 68.0 cm³/mol. The number of aryl methyl sites for hydroxylation is 2. The standard InChI is InChI=1S/C11H20FN3O.ClH/c1-4-16-7-5-6-13-8-10-9(2)14-15(3)11(10)12;/h13H,4-8H2,1-3H3;1H. The van der Waals surface area contributed by atoms with Crippen LogP contribution in [0.1, 0.15) is 24.6 Å². The Balaban J connectivity index is 0.00000256. The average Bonchev–Trinajstić information content (AvgIpc) is 2.49. The Morgan fingerprint density at radius 1 is 1.47 bits per heavy atom. The molecule has 0 atom stereocenters. The minimum Gasteiger partial charge on any atom is -0.382 e. The summed E-state index contributed by atoms with van der Waals surface area (Å²) in [5, 5.41) is 7.20. The molecule has 1 aromatic rings. The van der Waals surface area contributed by atoms with E-state index in [0.29, 0.717) is 12.1 Å². The van der Waals surface area contributed by atoms with Crippen molar-refractivity contribution >= 4 is 12.4 Å². The smallest absolute Gasteiger partial charge is 0.215 e. The van der Waals surface area contributed by atoms with Crippen LogP contribution in [0.2, 0.25) is 0 Å². The highest BCUT2D eigenvalue weighted by Crippen LogP contribution is 2.10. The first-order chi connectivity index (χ1) is 7.66. The quantitative estimate of drug-likeness (QED) is 0.765. The predicted octanol–water partition coefficient (Wildman–Crippen LogP) is 1.81. The third-order valence-corrected chi connectivity index (χ3v) is 2.42. The molecule has 0 aliphatic carbocycles. The molecule has 0 aliphatic heterocycles. The van der Waals surface area contributed by atoms with E-state index in [0.717, 1.165) is 31.9 Å². The van der Waals surface area contributed by atoms with Gasteiger partial charge >= 0.3 is 0 Å². The molecule has 1 heterocycles. The van der Waals surface area contributed by atoms with Gasteiger partial charge in [-0.25, -0.2) is 4.68 Å². The molecule has 1 N–H and O–H groups in total. The summed E-state index contributed by atoms with van der Waals surface area (Å²) in [5.41, 5.74) is 1.40. The maximum Gasteiger partial charge on any atom is 0.215 e. The molecule has 0 saturated heterocycles. The van der Waals surface area contributed by atoms with Gasteiger partial charge in [-0.2, -0.15) is 9.49 Å². The number of nitrogens with zero attached hydrogens (tertiary/aromatic N) is 2. The summed E-state index contributed by atoms with van der Waals surface area (Å²) in [7, 11) is 1.61. The first-order valence-electron chi connectivity index (χ1n) is 5.63. The molecular formula is C11H21ClFN3O. The summed E-state index contributed by atoms with van der Waals surface area (Å²) >= 11 is 0. The number of nitrogens with one attached hydrogen (secondary N) is 1. The van der Waals surface area contributed by atoms with Crippen LogP contribution in [0.5, 0.6) is 0 Å². The van der Waals surface area contributed by atoms with Gasteiger partial charge in [0.2, 0.25) is 5.95 Å². The van der Waals surface area contributed by atoms with Gasteiger partial charge in [-0.15, -0.1) is 12.4 Å². The lowest BCUT2D eigenvalue weighted by Crippen LogP contribution is -2.17. The van der Waals surface area contributed by atoms with E-state index in [1.165, 1.54) is 4.68 Å². The molecule has 0 amide bonds. The molecule has 0 radical (unpaired) electrons. The Morgan fingerprint density at radius 2 is 2.18 bits per heavy atom. The van der Waals surface area contributed by atoms with Gasteiger partial charge in [0, 0.05) is 32.4 Å². The second-order valence-electron chi connectivity index (χ2n) is 3.71. The lowest BCUT2D eigenvalue weighted by Gasteiger charge is -2.04. The van der Waals surface area contributed by atoms with E-state index in [9.17, 15) is 4.39 Å². The fourth-order valence-corrected chi connectivity index (χ4v) is 1.53. The Bertz CT molecular complexity index is 331. The second kappa shape index (κ2) is 8.44. The zero-order valence-corrected chi connectivity index (χ0v) is 11.4. The van der Waals surface area contributed by atoms with Crippen molar-refractivity contribution in [2.75, 3.05) is 19.8 Å². The van der Waals surface area contributed by atoms with Crippen molar-refractivity contribution in [2.24, 2.45) is 7.05 Å². The number of hydrogen-bond acceptors (Lipinski definition) is 3. The maximum atomic E-state index is 13.5. The summed E-state index contributed by atoms with van der Waals surface area (Å²) in [6, 6.07) is 0. The maximum absolute atomic E-state index is 13.5. The van der Waals surface area contributed by atoms with Crippen LogP contribution in [0.3, 0.4) is 0 Å². The fraction of sp³-hybridized carbons (Fsp3) is 0.727. The molecular weight excluding hydrogens is 245 g/mol. The molecule has 0 bridgehead atoms. The number of hydrogen-bond donors (Lipinski definition) is 1. The van der Waals surface area contributed by atoms with Crippen LogP contribution in [-0.4, -0.2) is 29.5 Å². The molecule has 17 heavy (non-hydrogen) atoms. The van der Waals surface area contributed by atoms with Crippen molar-refractivity contribution in [3.8, 4) is 0 Å². The zero-order chi connectivity index (χ0) is 12.0. The van der Waals surface area contributed by atoms with Crippen molar-refractivity contribution < 1.29 is 9.13 Å². The van der Waals surface area contributed by atoms with Crippen molar-refractivity contribution in [3.63, 3.8) is 0 Å². The monoisotopic (exact) mass is 265 g/mol. The van der Waals surface area contributed by atoms with E-state index in [4.69, 9.17) is 4.74 Å². The highest BCUT2D eigenvalue weighted by Gasteiger charge is 2.11. The van der Waals surface area contributed by atoms with Gasteiger partial charge in [-0.1, -0.05) is 0 Å². The van der Waals surface area contributed by atoms with E-state index >= 15 is 0 Å². The van der Waals surface area contributed by atoms with Crippen molar-refractivity contribution in [2.45, 2.75) is 26.8 Å². The molecule has 0 aromatic carbocycles. The van der Waals surface area contributed by atoms with Crippen molar-refractivity contribution in [1.29, 1.82) is 0 Å². The van der Waals surface area contributed by atoms with Gasteiger partial charge in [0.25, 0.3) is 0 Å². The van der Waals surface area contributed by atoms with Crippen LogP contribution in [0.4, 0.5) is 4.39 Å². The molecule has 0 saturated carbocycles. The molecule has 100 valence electrons. The van der Waals surface area contributed by atoms with E-state index in [-0.39, 0.29) is 18.4 Å². The Kier molecular flexibility index (Phi) is 8.12. The van der Waals surface area contributed by atoms with Crippen LogP contribution in [0, 0.1) is 12.9 Å². The normalized spacial score (nSPS) is 10.4. The minimum absolute atomic E-state index is 0. The van der Waals surface area contributed by atoms with Gasteiger partial charge < -0.3 is 10.1 Å². The minimum atomic E-state index is -0.255. The van der Waals surface area contributed by atoms with Gasteiger partial charge in [-0.05, 0) is 26.8 Å². The van der Waals surface area contributed by atoms with E-state index in [2.05, 4.69) is 10.4 Å². The molecule has 0 fully saturated rings. The van der Waals surface area contributed by atoms with Crippen LogP contribution in [0.15, 0.2) is 0 Å². The summed E-state index contributed by atoms with van der Waals surface area (Å²) in [6.07, 6.45) is 0.939. The SMILES string of the molecule is CCOCCCNCc1c(C)nn(C)c1F.Cl. The topological polar surface area (TPSA) is 39.1 Å².